The first-order valence-corrected chi connectivity index (χ1v) is 12.2. The molecule has 1 saturated heterocycles. The van der Waals surface area contributed by atoms with Gasteiger partial charge in [-0.15, -0.1) is 11.3 Å². The molecule has 1 aliphatic rings. The van der Waals surface area contributed by atoms with E-state index in [4.69, 9.17) is 0 Å². The molecule has 6 nitrogen and oxygen atoms in total. The zero-order valence-electron chi connectivity index (χ0n) is 15.7. The number of sulfone groups is 1. The van der Waals surface area contributed by atoms with Crippen LogP contribution in [0.1, 0.15) is 31.2 Å². The van der Waals surface area contributed by atoms with Crippen LogP contribution in [0.4, 0.5) is 0 Å². The molecule has 0 aliphatic carbocycles. The van der Waals surface area contributed by atoms with Crippen molar-refractivity contribution in [1.29, 1.82) is 0 Å². The summed E-state index contributed by atoms with van der Waals surface area (Å²) in [6, 6.07) is 7.99. The Morgan fingerprint density at radius 3 is 2.89 bits per heavy atom. The lowest BCUT2D eigenvalue weighted by Gasteiger charge is -2.27. The van der Waals surface area contributed by atoms with E-state index >= 15 is 0 Å². The molecule has 1 aromatic carbocycles. The predicted octanol–water partition coefficient (Wildman–Crippen LogP) is 2.24. The van der Waals surface area contributed by atoms with E-state index in [0.717, 1.165) is 34.6 Å². The zero-order chi connectivity index (χ0) is 19.3. The Morgan fingerprint density at radius 1 is 1.37 bits per heavy atom. The predicted molar refractivity (Wildman–Crippen MR) is 110 cm³/mol. The van der Waals surface area contributed by atoms with Gasteiger partial charge in [0.25, 0.3) is 0 Å². The van der Waals surface area contributed by atoms with Crippen molar-refractivity contribution in [2.75, 3.05) is 31.1 Å². The topological polar surface area (TPSA) is 79.4 Å². The van der Waals surface area contributed by atoms with Crippen LogP contribution < -0.4 is 5.32 Å². The highest BCUT2D eigenvalue weighted by Gasteiger charge is 2.32. The molecule has 2 aromatic rings. The molecule has 0 spiro atoms. The van der Waals surface area contributed by atoms with Crippen molar-refractivity contribution in [3.63, 3.8) is 0 Å². The van der Waals surface area contributed by atoms with Gasteiger partial charge in [-0.3, -0.25) is 9.69 Å². The molecular formula is C19H27N3O3S2. The van der Waals surface area contributed by atoms with Gasteiger partial charge in [-0.2, -0.15) is 0 Å². The maximum Gasteiger partial charge on any atom is 0.234 e. The van der Waals surface area contributed by atoms with Crippen LogP contribution in [0.2, 0.25) is 0 Å². The van der Waals surface area contributed by atoms with Crippen molar-refractivity contribution in [1.82, 2.24) is 15.2 Å². The number of para-hydroxylation sites is 1. The number of aromatic nitrogens is 1. The van der Waals surface area contributed by atoms with Gasteiger partial charge in [0.05, 0.1) is 33.3 Å². The van der Waals surface area contributed by atoms with Crippen LogP contribution in [0.3, 0.4) is 0 Å². The van der Waals surface area contributed by atoms with Crippen LogP contribution >= 0.6 is 11.3 Å². The second-order valence-corrected chi connectivity index (χ2v) is 10.4. The molecule has 27 heavy (non-hydrogen) atoms. The Kier molecular flexibility index (Phi) is 6.83. The lowest BCUT2D eigenvalue weighted by atomic mass is 10.2. The third-order valence-electron chi connectivity index (χ3n) is 4.87. The third-order valence-corrected chi connectivity index (χ3v) is 7.72. The van der Waals surface area contributed by atoms with Crippen molar-refractivity contribution >= 4 is 37.3 Å². The number of nitrogens with zero attached hydrogens (tertiary/aromatic N) is 2. The van der Waals surface area contributed by atoms with Gasteiger partial charge in [0.15, 0.2) is 9.84 Å². The summed E-state index contributed by atoms with van der Waals surface area (Å²) < 4.78 is 24.7. The Hall–Kier alpha value is -1.51. The highest BCUT2D eigenvalue weighted by atomic mass is 32.2. The molecule has 1 fully saturated rings. The fourth-order valence-electron chi connectivity index (χ4n) is 3.39. The van der Waals surface area contributed by atoms with E-state index in [1.807, 2.05) is 23.1 Å². The molecule has 3 rings (SSSR count). The third kappa shape index (κ3) is 5.73. The summed E-state index contributed by atoms with van der Waals surface area (Å²) in [5.41, 5.74) is 0.997. The minimum absolute atomic E-state index is 0.0310. The molecule has 2 heterocycles. The van der Waals surface area contributed by atoms with E-state index in [0.29, 0.717) is 19.4 Å². The van der Waals surface area contributed by atoms with E-state index < -0.39 is 9.84 Å². The Balaban J connectivity index is 1.49. The summed E-state index contributed by atoms with van der Waals surface area (Å²) >= 11 is 1.65. The van der Waals surface area contributed by atoms with Gasteiger partial charge in [-0.25, -0.2) is 13.4 Å². The van der Waals surface area contributed by atoms with E-state index in [9.17, 15) is 13.2 Å². The number of thiazole rings is 1. The van der Waals surface area contributed by atoms with Crippen molar-refractivity contribution in [3.8, 4) is 0 Å². The standard InChI is InChI=1S/C19H27N3O3S2/c1-2-3-11-22(15-9-12-27(24,25)14-15)13-18(23)20-10-8-19-21-16-6-4-5-7-17(16)26-19/h4-7,15H,2-3,8-14H2,1H3,(H,20,23). The van der Waals surface area contributed by atoms with Crippen LogP contribution in [-0.2, 0) is 21.1 Å². The minimum atomic E-state index is -2.95. The first-order chi connectivity index (χ1) is 13.0. The molecule has 1 aromatic heterocycles. The number of fused-ring (bicyclic) bond motifs is 1. The van der Waals surface area contributed by atoms with Crippen LogP contribution in [0.25, 0.3) is 10.2 Å². The van der Waals surface area contributed by atoms with Crippen molar-refractivity contribution in [2.45, 2.75) is 38.6 Å². The normalized spacial score (nSPS) is 19.0. The van der Waals surface area contributed by atoms with E-state index in [2.05, 4.69) is 23.3 Å². The van der Waals surface area contributed by atoms with Crippen molar-refractivity contribution < 1.29 is 13.2 Å². The Labute approximate surface area is 164 Å². The van der Waals surface area contributed by atoms with Gasteiger partial charge in [-0.1, -0.05) is 25.5 Å². The number of hydrogen-bond acceptors (Lipinski definition) is 6. The molecular weight excluding hydrogens is 382 g/mol. The molecule has 1 atom stereocenters. The fourth-order valence-corrected chi connectivity index (χ4v) is 6.12. The molecule has 1 unspecified atom stereocenters. The first kappa shape index (κ1) is 20.2. The summed E-state index contributed by atoms with van der Waals surface area (Å²) in [6.07, 6.45) is 3.33. The van der Waals surface area contributed by atoms with E-state index in [1.54, 1.807) is 11.3 Å². The Bertz CT molecular complexity index is 846. The summed E-state index contributed by atoms with van der Waals surface area (Å²) in [5, 5.41) is 3.98. The molecule has 8 heteroatoms. The van der Waals surface area contributed by atoms with Gasteiger partial charge in [0.2, 0.25) is 5.91 Å². The number of nitrogens with one attached hydrogen (secondary N) is 1. The second-order valence-electron chi connectivity index (χ2n) is 7.06. The van der Waals surface area contributed by atoms with Gasteiger partial charge in [0, 0.05) is 19.0 Å². The molecule has 0 radical (unpaired) electrons. The number of amides is 1. The molecule has 148 valence electrons. The average Bonchev–Trinajstić information content (AvgIpc) is 3.20. The smallest absolute Gasteiger partial charge is 0.234 e. The maximum absolute atomic E-state index is 12.4. The lowest BCUT2D eigenvalue weighted by molar-refractivity contribution is -0.122. The monoisotopic (exact) mass is 409 g/mol. The van der Waals surface area contributed by atoms with Crippen LogP contribution in [0, 0.1) is 0 Å². The Morgan fingerprint density at radius 2 is 2.19 bits per heavy atom. The zero-order valence-corrected chi connectivity index (χ0v) is 17.3. The van der Waals surface area contributed by atoms with Gasteiger partial charge in [-0.05, 0) is 31.5 Å². The van der Waals surface area contributed by atoms with Crippen LogP contribution in [-0.4, -0.2) is 61.4 Å². The molecule has 0 bridgehead atoms. The van der Waals surface area contributed by atoms with Gasteiger partial charge >= 0.3 is 0 Å². The maximum atomic E-state index is 12.4. The number of carbonyl (C=O) groups is 1. The highest BCUT2D eigenvalue weighted by Crippen LogP contribution is 2.21. The summed E-state index contributed by atoms with van der Waals surface area (Å²) in [4.78, 5) is 19.0. The van der Waals surface area contributed by atoms with Crippen molar-refractivity contribution in [3.05, 3.63) is 29.3 Å². The number of carbonyl (C=O) groups excluding carboxylic acids is 1. The fraction of sp³-hybridized carbons (Fsp3) is 0.579. The minimum Gasteiger partial charge on any atom is -0.355 e. The number of unbranched alkanes of at least 4 members (excludes halogenated alkanes) is 1. The first-order valence-electron chi connectivity index (χ1n) is 9.52. The van der Waals surface area contributed by atoms with E-state index in [1.165, 1.54) is 0 Å². The average molecular weight is 410 g/mol. The molecule has 1 amide bonds. The number of rotatable bonds is 9. The summed E-state index contributed by atoms with van der Waals surface area (Å²) in [6.45, 7) is 3.67. The van der Waals surface area contributed by atoms with Gasteiger partial charge in [0.1, 0.15) is 0 Å². The van der Waals surface area contributed by atoms with Gasteiger partial charge < -0.3 is 5.32 Å². The lowest BCUT2D eigenvalue weighted by Crippen LogP contribution is -2.44. The number of hydrogen-bond donors (Lipinski definition) is 1. The molecule has 0 saturated carbocycles. The largest absolute Gasteiger partial charge is 0.355 e. The molecule has 1 aliphatic heterocycles. The second kappa shape index (κ2) is 9.12. The van der Waals surface area contributed by atoms with Crippen LogP contribution in [0.15, 0.2) is 24.3 Å². The van der Waals surface area contributed by atoms with Crippen molar-refractivity contribution in [2.24, 2.45) is 0 Å². The summed E-state index contributed by atoms with van der Waals surface area (Å²) in [7, 11) is -2.95. The molecule has 1 N–H and O–H groups in total. The quantitative estimate of drug-likeness (QED) is 0.687. The summed E-state index contributed by atoms with van der Waals surface area (Å²) in [5.74, 6) is 0.367. The SMILES string of the molecule is CCCCN(CC(=O)NCCc1nc2ccccc2s1)C1CCS(=O)(=O)C1. The number of benzene rings is 1. The van der Waals surface area contributed by atoms with Crippen LogP contribution in [0.5, 0.6) is 0 Å². The van der Waals surface area contributed by atoms with E-state index in [-0.39, 0.29) is 30.0 Å². The highest BCUT2D eigenvalue weighted by molar-refractivity contribution is 7.91.